The molecule has 10 heteroatoms. The van der Waals surface area contributed by atoms with Gasteiger partial charge in [0.25, 0.3) is 5.91 Å². The quantitative estimate of drug-likeness (QED) is 0.463. The Morgan fingerprint density at radius 2 is 2.24 bits per heavy atom. The van der Waals surface area contributed by atoms with Gasteiger partial charge in [-0.3, -0.25) is 9.78 Å². The smallest absolute Gasteiger partial charge is 0.256 e. The fraction of sp³-hybridized carbons (Fsp3) is 0.348. The van der Waals surface area contributed by atoms with Crippen LogP contribution >= 0.6 is 23.8 Å². The molecule has 174 valence electrons. The molecule has 1 atom stereocenters. The molecule has 4 rings (SSSR count). The van der Waals surface area contributed by atoms with E-state index in [4.69, 9.17) is 38.0 Å². The fourth-order valence-corrected chi connectivity index (χ4v) is 4.13. The molecule has 1 amide bonds. The van der Waals surface area contributed by atoms with Gasteiger partial charge in [-0.05, 0) is 18.2 Å². The number of aromatic nitrogens is 1. The molecule has 0 aliphatic carbocycles. The number of para-hydroxylation sites is 1. The molecule has 0 unspecified atom stereocenters. The number of pyridine rings is 1. The van der Waals surface area contributed by atoms with Gasteiger partial charge >= 0.3 is 0 Å². The van der Waals surface area contributed by atoms with Crippen LogP contribution in [-0.2, 0) is 16.1 Å². The number of anilines is 1. The molecule has 33 heavy (non-hydrogen) atoms. The third-order valence-corrected chi connectivity index (χ3v) is 6.02. The molecule has 1 fully saturated rings. The number of nitrogens with one attached hydrogen (secondary N) is 3. The zero-order valence-electron chi connectivity index (χ0n) is 18.2. The van der Waals surface area contributed by atoms with Gasteiger partial charge in [-0.1, -0.05) is 29.9 Å². The highest BCUT2D eigenvalue weighted by atomic mass is 35.5. The van der Waals surface area contributed by atoms with Crippen molar-refractivity contribution in [3.8, 4) is 11.5 Å². The Balaban J connectivity index is 1.50. The normalized spacial score (nSPS) is 17.6. The predicted molar refractivity (Wildman–Crippen MR) is 130 cm³/mol. The van der Waals surface area contributed by atoms with Crippen LogP contribution in [0.5, 0.6) is 11.5 Å². The molecule has 0 radical (unpaired) electrons. The molecule has 0 saturated carbocycles. The van der Waals surface area contributed by atoms with Gasteiger partial charge in [-0.2, -0.15) is 0 Å². The molecule has 2 aliphatic heterocycles. The highest BCUT2D eigenvalue weighted by molar-refractivity contribution is 7.81. The van der Waals surface area contributed by atoms with Crippen molar-refractivity contribution in [2.45, 2.75) is 25.5 Å². The van der Waals surface area contributed by atoms with Gasteiger partial charge < -0.3 is 30.2 Å². The Morgan fingerprint density at radius 3 is 3.00 bits per heavy atom. The number of hydrogen-bond donors (Lipinski definition) is 3. The van der Waals surface area contributed by atoms with Gasteiger partial charge in [0.15, 0.2) is 5.75 Å². The van der Waals surface area contributed by atoms with Crippen LogP contribution < -0.4 is 25.4 Å². The number of thiocarbonyl (C=S) groups is 1. The average molecular weight is 489 g/mol. The summed E-state index contributed by atoms with van der Waals surface area (Å²) in [6, 6.07) is 7.18. The number of halogens is 1. The highest BCUT2D eigenvalue weighted by Gasteiger charge is 2.25. The van der Waals surface area contributed by atoms with Gasteiger partial charge in [0.2, 0.25) is 0 Å². The molecule has 0 bridgehead atoms. The van der Waals surface area contributed by atoms with E-state index in [1.54, 1.807) is 30.6 Å². The molecule has 8 nitrogen and oxygen atoms in total. The van der Waals surface area contributed by atoms with E-state index in [-0.39, 0.29) is 17.0 Å². The van der Waals surface area contributed by atoms with Crippen LogP contribution in [0.4, 0.5) is 5.69 Å². The standard InChI is InChI=1S/C23H25ClN4O4S/c1-30-21-16(24)3-2-4-18(21)28-23(33)20-17(6-9-26-22(20)29)27-11-14-5-8-25-12-19(14)32-13-15-7-10-31-15/h2-5,8,12,15,27H,6-7,9-11,13H2,1H3,(H,26,29)(H,28,33)/t15-/m1/s1. The van der Waals surface area contributed by atoms with Gasteiger partial charge in [0.05, 0.1) is 35.7 Å². The number of ether oxygens (including phenoxy) is 3. The third-order valence-electron chi connectivity index (χ3n) is 5.42. The molecular formula is C23H25ClN4O4S. The molecule has 3 heterocycles. The first-order chi connectivity index (χ1) is 16.1. The van der Waals surface area contributed by atoms with E-state index in [1.165, 1.54) is 7.11 Å². The molecular weight excluding hydrogens is 464 g/mol. The summed E-state index contributed by atoms with van der Waals surface area (Å²) in [6.45, 7) is 2.25. The number of benzene rings is 1. The minimum absolute atomic E-state index is 0.134. The third kappa shape index (κ3) is 5.55. The molecule has 2 aromatic rings. The van der Waals surface area contributed by atoms with E-state index in [0.717, 1.165) is 24.3 Å². The lowest BCUT2D eigenvalue weighted by Crippen LogP contribution is -2.39. The van der Waals surface area contributed by atoms with E-state index >= 15 is 0 Å². The number of amides is 1. The molecule has 3 N–H and O–H groups in total. The van der Waals surface area contributed by atoms with Crippen molar-refractivity contribution in [1.82, 2.24) is 15.6 Å². The fourth-order valence-electron chi connectivity index (χ4n) is 3.55. The second-order valence-corrected chi connectivity index (χ2v) is 8.38. The van der Waals surface area contributed by atoms with Crippen molar-refractivity contribution in [1.29, 1.82) is 0 Å². The Hall–Kier alpha value is -2.88. The Bertz CT molecular complexity index is 1070. The zero-order valence-corrected chi connectivity index (χ0v) is 19.7. The lowest BCUT2D eigenvalue weighted by molar-refractivity contribution is -0.117. The number of rotatable bonds is 9. The predicted octanol–water partition coefficient (Wildman–Crippen LogP) is 3.21. The van der Waals surface area contributed by atoms with Crippen LogP contribution in [0.2, 0.25) is 5.02 Å². The van der Waals surface area contributed by atoms with Crippen LogP contribution in [0.1, 0.15) is 18.4 Å². The van der Waals surface area contributed by atoms with Crippen molar-refractivity contribution in [2.24, 2.45) is 0 Å². The molecule has 0 spiro atoms. The largest absolute Gasteiger partial charge is 0.493 e. The molecule has 2 aliphatic rings. The first kappa shape index (κ1) is 23.3. The summed E-state index contributed by atoms with van der Waals surface area (Å²) >= 11 is 11.8. The first-order valence-electron chi connectivity index (χ1n) is 10.6. The minimum atomic E-state index is -0.240. The summed E-state index contributed by atoms with van der Waals surface area (Å²) < 4.78 is 16.7. The summed E-state index contributed by atoms with van der Waals surface area (Å²) in [4.78, 5) is 17.2. The van der Waals surface area contributed by atoms with E-state index in [9.17, 15) is 4.79 Å². The van der Waals surface area contributed by atoms with Gasteiger partial charge in [0.1, 0.15) is 17.3 Å². The lowest BCUT2D eigenvalue weighted by Gasteiger charge is -2.27. The van der Waals surface area contributed by atoms with Crippen molar-refractivity contribution in [2.75, 3.05) is 32.2 Å². The van der Waals surface area contributed by atoms with Crippen LogP contribution in [0.25, 0.3) is 0 Å². The molecule has 1 aromatic heterocycles. The van der Waals surface area contributed by atoms with Crippen molar-refractivity contribution >= 4 is 40.4 Å². The maximum absolute atomic E-state index is 12.7. The number of methoxy groups -OCH3 is 1. The lowest BCUT2D eigenvalue weighted by atomic mass is 10.1. The summed E-state index contributed by atoms with van der Waals surface area (Å²) in [6.07, 6.45) is 5.16. The van der Waals surface area contributed by atoms with Crippen molar-refractivity contribution in [3.63, 3.8) is 0 Å². The van der Waals surface area contributed by atoms with Crippen LogP contribution in [0.15, 0.2) is 47.9 Å². The number of carbonyl (C=O) groups excluding carboxylic acids is 1. The second-order valence-electron chi connectivity index (χ2n) is 7.56. The minimum Gasteiger partial charge on any atom is -0.493 e. The second kappa shape index (κ2) is 10.8. The number of nitrogens with zero attached hydrogens (tertiary/aromatic N) is 1. The average Bonchev–Trinajstić information content (AvgIpc) is 2.77. The van der Waals surface area contributed by atoms with Crippen molar-refractivity contribution < 1.29 is 19.0 Å². The number of hydrogen-bond acceptors (Lipinski definition) is 7. The summed E-state index contributed by atoms with van der Waals surface area (Å²) in [5.41, 5.74) is 2.65. The first-order valence-corrected chi connectivity index (χ1v) is 11.4. The highest BCUT2D eigenvalue weighted by Crippen LogP contribution is 2.33. The molecule has 1 aromatic carbocycles. The van der Waals surface area contributed by atoms with Crippen LogP contribution in [0.3, 0.4) is 0 Å². The topological polar surface area (TPSA) is 93.7 Å². The van der Waals surface area contributed by atoms with E-state index in [0.29, 0.717) is 53.9 Å². The van der Waals surface area contributed by atoms with Crippen LogP contribution in [0, 0.1) is 0 Å². The maximum Gasteiger partial charge on any atom is 0.256 e. The van der Waals surface area contributed by atoms with Crippen LogP contribution in [-0.4, -0.2) is 48.9 Å². The van der Waals surface area contributed by atoms with Gasteiger partial charge in [-0.15, -0.1) is 0 Å². The monoisotopic (exact) mass is 488 g/mol. The summed E-state index contributed by atoms with van der Waals surface area (Å²) in [5, 5.41) is 9.78. The summed E-state index contributed by atoms with van der Waals surface area (Å²) in [5.74, 6) is 0.907. The Kier molecular flexibility index (Phi) is 7.64. The van der Waals surface area contributed by atoms with E-state index < -0.39 is 0 Å². The maximum atomic E-state index is 12.7. The van der Waals surface area contributed by atoms with Gasteiger partial charge in [0, 0.05) is 50.0 Å². The Morgan fingerprint density at radius 1 is 1.39 bits per heavy atom. The molecule has 1 saturated heterocycles. The summed E-state index contributed by atoms with van der Waals surface area (Å²) in [7, 11) is 1.53. The van der Waals surface area contributed by atoms with E-state index in [2.05, 4.69) is 20.9 Å². The Labute approximate surface area is 202 Å². The SMILES string of the molecule is COc1c(Cl)cccc1NC(=S)C1=C(NCc2ccncc2OC[C@H]2CCO2)CCNC1=O. The van der Waals surface area contributed by atoms with Gasteiger partial charge in [-0.25, -0.2) is 0 Å². The zero-order chi connectivity index (χ0) is 23.2. The number of carbonyl (C=O) groups is 1. The van der Waals surface area contributed by atoms with E-state index in [1.807, 2.05) is 6.07 Å². The van der Waals surface area contributed by atoms with Crippen molar-refractivity contribution in [3.05, 3.63) is 58.5 Å².